The normalized spacial score (nSPS) is 12.7. The van der Waals surface area contributed by atoms with Crippen LogP contribution >= 0.6 is 0 Å². The second kappa shape index (κ2) is 10.8. The molecule has 0 fully saturated rings. The van der Waals surface area contributed by atoms with Crippen molar-refractivity contribution in [3.05, 3.63) is 0 Å². The Kier molecular flexibility index (Phi) is 9.95. The Bertz CT molecular complexity index is 527. The van der Waals surface area contributed by atoms with E-state index >= 15 is 0 Å². The first-order valence-electron chi connectivity index (χ1n) is 8.59. The van der Waals surface area contributed by atoms with Gasteiger partial charge in [-0.15, -0.1) is 0 Å². The van der Waals surface area contributed by atoms with E-state index in [0.717, 1.165) is 6.92 Å². The first kappa shape index (κ1) is 24.8. The molecule has 10 nitrogen and oxygen atoms in total. The Labute approximate surface area is 158 Å². The van der Waals surface area contributed by atoms with E-state index < -0.39 is 47.5 Å². The van der Waals surface area contributed by atoms with E-state index in [4.69, 9.17) is 19.3 Å². The molecule has 1 amide bonds. The maximum Gasteiger partial charge on any atom is 0.362 e. The van der Waals surface area contributed by atoms with Gasteiger partial charge in [-0.1, -0.05) is 13.8 Å². The summed E-state index contributed by atoms with van der Waals surface area (Å²) >= 11 is 0. The second-order valence-corrected chi connectivity index (χ2v) is 6.54. The fourth-order valence-electron chi connectivity index (χ4n) is 1.81. The number of amides is 1. The van der Waals surface area contributed by atoms with Crippen molar-refractivity contribution in [1.82, 2.24) is 5.32 Å². The lowest BCUT2D eigenvalue weighted by molar-refractivity contribution is -0.194. The summed E-state index contributed by atoms with van der Waals surface area (Å²) in [5.74, 6) is -3.86. The first-order chi connectivity index (χ1) is 12.5. The topological polar surface area (TPSA) is 148 Å². The van der Waals surface area contributed by atoms with Gasteiger partial charge >= 0.3 is 23.5 Å². The molecule has 0 aliphatic heterocycles. The van der Waals surface area contributed by atoms with Gasteiger partial charge in [-0.3, -0.25) is 9.59 Å². The smallest absolute Gasteiger partial charge is 0.362 e. The number of carbonyl (C=O) groups is 4. The molecule has 0 heterocycles. The quantitative estimate of drug-likeness (QED) is 0.236. The predicted molar refractivity (Wildman–Crippen MR) is 92.3 cm³/mol. The van der Waals surface area contributed by atoms with Gasteiger partial charge in [0.05, 0.1) is 26.2 Å². The largest absolute Gasteiger partial charge is 0.463 e. The minimum absolute atomic E-state index is 0.0278. The molecule has 0 aromatic rings. The minimum atomic E-state index is -2.26. The third kappa shape index (κ3) is 7.14. The summed E-state index contributed by atoms with van der Waals surface area (Å²) in [7, 11) is 0. The van der Waals surface area contributed by atoms with Gasteiger partial charge in [0.1, 0.15) is 6.10 Å². The standard InChI is InChI=1S/C17H29NO9/c1-6-25-14(23)17(5,15(24)26-7-2)27-11(20)8-9-18-13(22)12(21)16(3,4)10-19/h12,19,21H,6-10H2,1-5H3,(H,18,22)/t12-/m0/s1. The number of rotatable bonds is 11. The van der Waals surface area contributed by atoms with Crippen molar-refractivity contribution >= 4 is 23.8 Å². The van der Waals surface area contributed by atoms with E-state index in [2.05, 4.69) is 5.32 Å². The highest BCUT2D eigenvalue weighted by Gasteiger charge is 2.48. The van der Waals surface area contributed by atoms with Crippen LogP contribution in [0.4, 0.5) is 0 Å². The zero-order valence-electron chi connectivity index (χ0n) is 16.4. The molecular weight excluding hydrogens is 362 g/mol. The molecule has 0 aliphatic rings. The van der Waals surface area contributed by atoms with Gasteiger partial charge in [0.2, 0.25) is 5.91 Å². The molecule has 0 unspecified atom stereocenters. The molecule has 10 heteroatoms. The third-order valence-electron chi connectivity index (χ3n) is 3.67. The molecular formula is C17H29NO9. The lowest BCUT2D eigenvalue weighted by Gasteiger charge is -2.27. The summed E-state index contributed by atoms with van der Waals surface area (Å²) in [4.78, 5) is 47.8. The molecule has 1 atom stereocenters. The molecule has 0 aromatic heterocycles. The fraction of sp³-hybridized carbons (Fsp3) is 0.765. The number of hydrogen-bond acceptors (Lipinski definition) is 9. The maximum atomic E-state index is 12.0. The summed E-state index contributed by atoms with van der Waals surface area (Å²) in [6.45, 7) is 6.43. The monoisotopic (exact) mass is 391 g/mol. The Morgan fingerprint density at radius 3 is 1.89 bits per heavy atom. The van der Waals surface area contributed by atoms with Gasteiger partial charge in [-0.25, -0.2) is 9.59 Å². The minimum Gasteiger partial charge on any atom is -0.463 e. The molecule has 0 aromatic carbocycles. The van der Waals surface area contributed by atoms with Crippen molar-refractivity contribution in [3.8, 4) is 0 Å². The Hall–Kier alpha value is -2.20. The van der Waals surface area contributed by atoms with Gasteiger partial charge in [0.15, 0.2) is 0 Å². The lowest BCUT2D eigenvalue weighted by Crippen LogP contribution is -2.50. The number of aliphatic hydroxyl groups is 2. The van der Waals surface area contributed by atoms with E-state index in [1.54, 1.807) is 0 Å². The molecule has 0 spiro atoms. The number of carbonyl (C=O) groups excluding carboxylic acids is 4. The molecule has 0 saturated carbocycles. The highest BCUT2D eigenvalue weighted by molar-refractivity contribution is 6.04. The van der Waals surface area contributed by atoms with E-state index in [1.807, 2.05) is 0 Å². The molecule has 0 aliphatic carbocycles. The summed E-state index contributed by atoms with van der Waals surface area (Å²) in [6.07, 6.45) is -1.85. The average Bonchev–Trinajstić information content (AvgIpc) is 2.60. The molecule has 0 rings (SSSR count). The van der Waals surface area contributed by atoms with Crippen LogP contribution in [0, 0.1) is 5.41 Å². The highest BCUT2D eigenvalue weighted by atomic mass is 16.6. The Balaban J connectivity index is 4.82. The van der Waals surface area contributed by atoms with Crippen LogP contribution in [0.3, 0.4) is 0 Å². The van der Waals surface area contributed by atoms with Crippen LogP contribution in [0.1, 0.15) is 41.0 Å². The van der Waals surface area contributed by atoms with E-state index in [9.17, 15) is 24.3 Å². The summed E-state index contributed by atoms with van der Waals surface area (Å²) < 4.78 is 14.5. The first-order valence-corrected chi connectivity index (χ1v) is 8.59. The second-order valence-electron chi connectivity index (χ2n) is 6.54. The van der Waals surface area contributed by atoms with Crippen molar-refractivity contribution < 1.29 is 43.6 Å². The summed E-state index contributed by atoms with van der Waals surface area (Å²) in [5, 5.41) is 21.3. The molecule has 3 N–H and O–H groups in total. The van der Waals surface area contributed by atoms with Crippen LogP contribution in [0.25, 0.3) is 0 Å². The zero-order valence-corrected chi connectivity index (χ0v) is 16.4. The van der Waals surface area contributed by atoms with Crippen LogP contribution in [-0.4, -0.2) is 72.1 Å². The number of nitrogens with one attached hydrogen (secondary N) is 1. The SMILES string of the molecule is CCOC(=O)C(C)(OC(=O)CCNC(=O)[C@H](O)C(C)(C)CO)C(=O)OCC. The van der Waals surface area contributed by atoms with E-state index in [1.165, 1.54) is 27.7 Å². The molecule has 156 valence electrons. The van der Waals surface area contributed by atoms with Crippen molar-refractivity contribution in [1.29, 1.82) is 0 Å². The van der Waals surface area contributed by atoms with E-state index in [-0.39, 0.29) is 26.2 Å². The zero-order chi connectivity index (χ0) is 21.3. The maximum absolute atomic E-state index is 12.0. The van der Waals surface area contributed by atoms with Crippen LogP contribution in [0.2, 0.25) is 0 Å². The van der Waals surface area contributed by atoms with Crippen molar-refractivity contribution in [2.75, 3.05) is 26.4 Å². The van der Waals surface area contributed by atoms with Crippen LogP contribution in [-0.2, 0) is 33.4 Å². The van der Waals surface area contributed by atoms with Gasteiger partial charge in [0.25, 0.3) is 0 Å². The van der Waals surface area contributed by atoms with Crippen molar-refractivity contribution in [2.24, 2.45) is 5.41 Å². The molecule has 0 saturated heterocycles. The third-order valence-corrected chi connectivity index (χ3v) is 3.67. The average molecular weight is 391 g/mol. The lowest BCUT2D eigenvalue weighted by atomic mass is 9.87. The number of ether oxygens (including phenoxy) is 3. The van der Waals surface area contributed by atoms with Gasteiger partial charge in [-0.05, 0) is 20.8 Å². The highest BCUT2D eigenvalue weighted by Crippen LogP contribution is 2.20. The van der Waals surface area contributed by atoms with Crippen molar-refractivity contribution in [3.63, 3.8) is 0 Å². The molecule has 0 radical (unpaired) electrons. The van der Waals surface area contributed by atoms with Crippen LogP contribution in [0.15, 0.2) is 0 Å². The Morgan fingerprint density at radius 1 is 1.00 bits per heavy atom. The van der Waals surface area contributed by atoms with Gasteiger partial charge < -0.3 is 29.7 Å². The Morgan fingerprint density at radius 2 is 1.48 bits per heavy atom. The van der Waals surface area contributed by atoms with E-state index in [0.29, 0.717) is 0 Å². The molecule has 27 heavy (non-hydrogen) atoms. The molecule has 0 bridgehead atoms. The summed E-state index contributed by atoms with van der Waals surface area (Å²) in [5.41, 5.74) is -3.32. The van der Waals surface area contributed by atoms with Gasteiger partial charge in [-0.2, -0.15) is 0 Å². The number of aliphatic hydroxyl groups excluding tert-OH is 2. The van der Waals surface area contributed by atoms with Crippen LogP contribution < -0.4 is 5.32 Å². The number of hydrogen-bond donors (Lipinski definition) is 3. The predicted octanol–water partition coefficient (Wildman–Crippen LogP) is -0.700. The van der Waals surface area contributed by atoms with Crippen LogP contribution in [0.5, 0.6) is 0 Å². The fourth-order valence-corrected chi connectivity index (χ4v) is 1.81. The van der Waals surface area contributed by atoms with Crippen molar-refractivity contribution in [2.45, 2.75) is 52.7 Å². The summed E-state index contributed by atoms with van der Waals surface area (Å²) in [6, 6.07) is 0. The number of esters is 3. The van der Waals surface area contributed by atoms with Gasteiger partial charge in [0, 0.05) is 12.0 Å².